The molecule has 0 spiro atoms. The number of anilines is 1. The lowest BCUT2D eigenvalue weighted by Crippen LogP contribution is -2.43. The Bertz CT molecular complexity index is 856. The molecule has 2 heterocycles. The molecular weight excluding hydrogens is 366 g/mol. The molecule has 146 valence electrons. The molecule has 1 aliphatic heterocycles. The van der Waals surface area contributed by atoms with Crippen molar-refractivity contribution < 1.29 is 19.4 Å². The fourth-order valence-electron chi connectivity index (χ4n) is 3.22. The number of phenolic OH excluding ortho intramolecular Hbond substituents is 1. The van der Waals surface area contributed by atoms with Gasteiger partial charge in [-0.3, -0.25) is 9.69 Å². The molecule has 27 heavy (non-hydrogen) atoms. The van der Waals surface area contributed by atoms with Crippen molar-refractivity contribution in [3.8, 4) is 5.75 Å². The monoisotopic (exact) mass is 391 g/mol. The minimum absolute atomic E-state index is 0.165. The molecule has 7 nitrogen and oxygen atoms in total. The van der Waals surface area contributed by atoms with Gasteiger partial charge in [-0.15, -0.1) is 11.3 Å². The molecule has 0 radical (unpaired) electrons. The standard InChI is InChI=1S/C19H25N3O4S/c1-4-26-19(25)15-14-6-5-13(11-22-9-7-21(3)8-10-22)16(24)17(14)27-18(15)20-12(2)23/h5-6,24H,4,7-11H2,1-3H3,(H,20,23). The Hall–Kier alpha value is -2.16. The zero-order valence-corrected chi connectivity index (χ0v) is 16.7. The SMILES string of the molecule is CCOC(=O)c1c(NC(C)=O)sc2c(O)c(CN3CCN(C)CC3)ccc12. The Balaban J connectivity index is 1.97. The molecule has 1 aliphatic rings. The van der Waals surface area contributed by atoms with E-state index in [2.05, 4.69) is 22.2 Å². The number of esters is 1. The largest absolute Gasteiger partial charge is 0.506 e. The Kier molecular flexibility index (Phi) is 5.98. The number of nitrogens with zero attached hydrogens (tertiary/aromatic N) is 2. The third kappa shape index (κ3) is 4.23. The van der Waals surface area contributed by atoms with Crippen LogP contribution in [0.1, 0.15) is 29.8 Å². The summed E-state index contributed by atoms with van der Waals surface area (Å²) in [5.41, 5.74) is 1.12. The first-order valence-electron chi connectivity index (χ1n) is 9.03. The number of amides is 1. The first-order valence-corrected chi connectivity index (χ1v) is 9.85. The molecule has 1 aromatic carbocycles. The lowest BCUT2D eigenvalue weighted by molar-refractivity contribution is -0.114. The van der Waals surface area contributed by atoms with Crippen molar-refractivity contribution in [1.82, 2.24) is 9.80 Å². The quantitative estimate of drug-likeness (QED) is 0.762. The van der Waals surface area contributed by atoms with E-state index in [1.54, 1.807) is 6.92 Å². The van der Waals surface area contributed by atoms with E-state index in [1.807, 2.05) is 12.1 Å². The van der Waals surface area contributed by atoms with E-state index < -0.39 is 5.97 Å². The molecular formula is C19H25N3O4S. The van der Waals surface area contributed by atoms with Gasteiger partial charge in [-0.25, -0.2) is 4.79 Å². The number of hydrogen-bond donors (Lipinski definition) is 2. The maximum atomic E-state index is 12.4. The maximum absolute atomic E-state index is 12.4. The van der Waals surface area contributed by atoms with E-state index in [0.717, 1.165) is 31.7 Å². The number of likely N-dealkylation sites (N-methyl/N-ethyl adjacent to an activating group) is 1. The number of thiophene rings is 1. The molecule has 0 atom stereocenters. The Morgan fingerprint density at radius 2 is 1.96 bits per heavy atom. The van der Waals surface area contributed by atoms with Crippen molar-refractivity contribution in [1.29, 1.82) is 0 Å². The summed E-state index contributed by atoms with van der Waals surface area (Å²) in [6.45, 7) is 7.91. The van der Waals surface area contributed by atoms with Crippen LogP contribution in [0.3, 0.4) is 0 Å². The number of benzene rings is 1. The molecule has 1 fully saturated rings. The average molecular weight is 391 g/mol. The van der Waals surface area contributed by atoms with E-state index in [9.17, 15) is 14.7 Å². The van der Waals surface area contributed by atoms with Gasteiger partial charge >= 0.3 is 5.97 Å². The second-order valence-electron chi connectivity index (χ2n) is 6.74. The van der Waals surface area contributed by atoms with Crippen molar-refractivity contribution in [2.24, 2.45) is 0 Å². The zero-order valence-electron chi connectivity index (χ0n) is 15.9. The van der Waals surface area contributed by atoms with E-state index in [-0.39, 0.29) is 18.3 Å². The smallest absolute Gasteiger partial charge is 0.341 e. The Labute approximate surface area is 162 Å². The van der Waals surface area contributed by atoms with Crippen molar-refractivity contribution >= 4 is 38.3 Å². The number of piperazine rings is 1. The van der Waals surface area contributed by atoms with Crippen molar-refractivity contribution in [2.45, 2.75) is 20.4 Å². The summed E-state index contributed by atoms with van der Waals surface area (Å²) in [5.74, 6) is -0.610. The van der Waals surface area contributed by atoms with Gasteiger partial charge in [0.05, 0.1) is 11.3 Å². The second kappa shape index (κ2) is 8.24. The van der Waals surface area contributed by atoms with E-state index in [1.165, 1.54) is 18.3 Å². The summed E-state index contributed by atoms with van der Waals surface area (Å²) >= 11 is 1.20. The molecule has 1 amide bonds. The van der Waals surface area contributed by atoms with Gasteiger partial charge in [0.25, 0.3) is 0 Å². The molecule has 8 heteroatoms. The zero-order chi connectivity index (χ0) is 19.6. The van der Waals surface area contributed by atoms with Crippen molar-refractivity contribution in [3.05, 3.63) is 23.3 Å². The van der Waals surface area contributed by atoms with Crippen LogP contribution in [-0.2, 0) is 16.1 Å². The third-order valence-electron chi connectivity index (χ3n) is 4.67. The molecule has 2 N–H and O–H groups in total. The highest BCUT2D eigenvalue weighted by atomic mass is 32.1. The predicted molar refractivity (Wildman–Crippen MR) is 107 cm³/mol. The van der Waals surface area contributed by atoms with Crippen molar-refractivity contribution in [2.75, 3.05) is 45.2 Å². The molecule has 0 saturated carbocycles. The topological polar surface area (TPSA) is 82.1 Å². The lowest BCUT2D eigenvalue weighted by atomic mass is 10.1. The van der Waals surface area contributed by atoms with Crippen LogP contribution in [0.25, 0.3) is 10.1 Å². The number of phenols is 1. The molecule has 0 aliphatic carbocycles. The fourth-order valence-corrected chi connectivity index (χ4v) is 4.42. The summed E-state index contributed by atoms with van der Waals surface area (Å²) < 4.78 is 5.73. The predicted octanol–water partition coefficient (Wildman–Crippen LogP) is 2.49. The normalized spacial score (nSPS) is 15.8. The van der Waals surface area contributed by atoms with E-state index >= 15 is 0 Å². The molecule has 1 saturated heterocycles. The number of nitrogens with one attached hydrogen (secondary N) is 1. The molecule has 0 bridgehead atoms. The number of ether oxygens (including phenoxy) is 1. The Morgan fingerprint density at radius 1 is 1.26 bits per heavy atom. The van der Waals surface area contributed by atoms with Crippen LogP contribution >= 0.6 is 11.3 Å². The second-order valence-corrected chi connectivity index (χ2v) is 7.76. The van der Waals surface area contributed by atoms with Crippen LogP contribution in [0.5, 0.6) is 5.75 Å². The number of fused-ring (bicyclic) bond motifs is 1. The van der Waals surface area contributed by atoms with Crippen LogP contribution in [-0.4, -0.2) is 66.6 Å². The van der Waals surface area contributed by atoms with Crippen LogP contribution in [0.4, 0.5) is 5.00 Å². The number of aromatic hydroxyl groups is 1. The maximum Gasteiger partial charge on any atom is 0.341 e. The minimum atomic E-state index is -0.501. The molecule has 3 rings (SSSR count). The third-order valence-corrected chi connectivity index (χ3v) is 5.80. The number of carbonyl (C=O) groups excluding carboxylic acids is 2. The number of rotatable bonds is 5. The number of hydrogen-bond acceptors (Lipinski definition) is 7. The lowest BCUT2D eigenvalue weighted by Gasteiger charge is -2.32. The fraction of sp³-hybridized carbons (Fsp3) is 0.474. The van der Waals surface area contributed by atoms with Gasteiger partial charge in [-0.1, -0.05) is 12.1 Å². The van der Waals surface area contributed by atoms with Gasteiger partial charge in [0.2, 0.25) is 5.91 Å². The summed E-state index contributed by atoms with van der Waals surface area (Å²) in [5, 5.41) is 14.5. The van der Waals surface area contributed by atoms with Gasteiger partial charge in [0.1, 0.15) is 16.3 Å². The van der Waals surface area contributed by atoms with Crippen LogP contribution in [0, 0.1) is 0 Å². The summed E-state index contributed by atoms with van der Waals surface area (Å²) in [6.07, 6.45) is 0. The van der Waals surface area contributed by atoms with Gasteiger partial charge in [0, 0.05) is 50.6 Å². The highest BCUT2D eigenvalue weighted by Crippen LogP contribution is 2.42. The van der Waals surface area contributed by atoms with E-state index in [0.29, 0.717) is 27.2 Å². The summed E-state index contributed by atoms with van der Waals surface area (Å²) in [7, 11) is 2.10. The summed E-state index contributed by atoms with van der Waals surface area (Å²) in [6, 6.07) is 3.68. The van der Waals surface area contributed by atoms with Crippen molar-refractivity contribution in [3.63, 3.8) is 0 Å². The van der Waals surface area contributed by atoms with Gasteiger partial charge < -0.3 is 20.1 Å². The first kappa shape index (κ1) is 19.6. The molecule has 0 unspecified atom stereocenters. The average Bonchev–Trinajstić information content (AvgIpc) is 2.97. The molecule has 1 aromatic heterocycles. The van der Waals surface area contributed by atoms with Crippen LogP contribution in [0.2, 0.25) is 0 Å². The summed E-state index contributed by atoms with van der Waals surface area (Å²) in [4.78, 5) is 28.5. The first-order chi connectivity index (χ1) is 12.9. The Morgan fingerprint density at radius 3 is 2.59 bits per heavy atom. The number of carbonyl (C=O) groups is 2. The van der Waals surface area contributed by atoms with Gasteiger partial charge in [0.15, 0.2) is 0 Å². The molecule has 2 aromatic rings. The highest BCUT2D eigenvalue weighted by molar-refractivity contribution is 7.23. The van der Waals surface area contributed by atoms with E-state index in [4.69, 9.17) is 4.74 Å². The van der Waals surface area contributed by atoms with Gasteiger partial charge in [-0.2, -0.15) is 0 Å². The highest BCUT2D eigenvalue weighted by Gasteiger charge is 2.24. The van der Waals surface area contributed by atoms with Crippen LogP contribution in [0.15, 0.2) is 12.1 Å². The van der Waals surface area contributed by atoms with Crippen LogP contribution < -0.4 is 5.32 Å². The minimum Gasteiger partial charge on any atom is -0.506 e. The van der Waals surface area contributed by atoms with Gasteiger partial charge in [-0.05, 0) is 14.0 Å².